The van der Waals surface area contributed by atoms with Gasteiger partial charge in [0, 0.05) is 12.8 Å². The van der Waals surface area contributed by atoms with Crippen LogP contribution in [0.25, 0.3) is 5.57 Å². The van der Waals surface area contributed by atoms with Crippen molar-refractivity contribution in [3.05, 3.63) is 70.0 Å². The number of hydrogen-bond acceptors (Lipinski definition) is 5. The quantitative estimate of drug-likeness (QED) is 0.695. The van der Waals surface area contributed by atoms with Gasteiger partial charge in [-0.2, -0.15) is 0 Å². The van der Waals surface area contributed by atoms with Crippen LogP contribution in [-0.4, -0.2) is 30.8 Å². The molecule has 5 nitrogen and oxygen atoms in total. The Bertz CT molecular complexity index is 1090. The number of cyclic esters (lactones) is 1. The van der Waals surface area contributed by atoms with Crippen molar-refractivity contribution in [3.8, 4) is 0 Å². The first-order chi connectivity index (χ1) is 14.0. The molecule has 30 heavy (non-hydrogen) atoms. The van der Waals surface area contributed by atoms with Crippen molar-refractivity contribution in [1.29, 1.82) is 0 Å². The summed E-state index contributed by atoms with van der Waals surface area (Å²) in [6, 6.07) is 10.6. The van der Waals surface area contributed by atoms with E-state index in [4.69, 9.17) is 4.74 Å². The molecule has 1 aliphatic rings. The van der Waals surface area contributed by atoms with Crippen LogP contribution in [-0.2, 0) is 19.4 Å². The average molecular weight is 429 g/mol. The maximum atomic E-state index is 12.9. The molecule has 0 bridgehead atoms. The van der Waals surface area contributed by atoms with E-state index in [1.165, 1.54) is 0 Å². The fourth-order valence-corrected chi connectivity index (χ4v) is 5.54. The molecular formula is C24H28O5S. The lowest BCUT2D eigenvalue weighted by Gasteiger charge is -2.27. The summed E-state index contributed by atoms with van der Waals surface area (Å²) in [5.74, 6) is -0.662. The van der Waals surface area contributed by atoms with Gasteiger partial charge in [-0.1, -0.05) is 35.4 Å². The van der Waals surface area contributed by atoms with Gasteiger partial charge in [-0.25, -0.2) is 13.2 Å². The maximum Gasteiger partial charge on any atom is 0.342 e. The Balaban J connectivity index is 1.83. The van der Waals surface area contributed by atoms with E-state index in [1.807, 2.05) is 39.8 Å². The van der Waals surface area contributed by atoms with Gasteiger partial charge >= 0.3 is 5.97 Å². The van der Waals surface area contributed by atoms with Gasteiger partial charge < -0.3 is 9.84 Å². The van der Waals surface area contributed by atoms with Crippen molar-refractivity contribution in [2.24, 2.45) is 0 Å². The number of esters is 1. The van der Waals surface area contributed by atoms with Crippen LogP contribution >= 0.6 is 0 Å². The van der Waals surface area contributed by atoms with E-state index in [2.05, 4.69) is 0 Å². The molecule has 1 N–H and O–H groups in total. The molecule has 3 rings (SSSR count). The van der Waals surface area contributed by atoms with Crippen molar-refractivity contribution in [2.75, 3.05) is 0 Å². The third-order valence-corrected chi connectivity index (χ3v) is 7.77. The predicted octanol–water partition coefficient (Wildman–Crippen LogP) is 4.76. The van der Waals surface area contributed by atoms with E-state index < -0.39 is 27.2 Å². The Morgan fingerprint density at radius 1 is 1.03 bits per heavy atom. The van der Waals surface area contributed by atoms with Crippen molar-refractivity contribution in [2.45, 2.75) is 63.7 Å². The smallest absolute Gasteiger partial charge is 0.342 e. The van der Waals surface area contributed by atoms with Crippen LogP contribution in [0, 0.1) is 27.7 Å². The first kappa shape index (κ1) is 22.1. The highest BCUT2D eigenvalue weighted by Gasteiger charge is 2.35. The number of aryl methyl sites for hydroxylation is 4. The van der Waals surface area contributed by atoms with Crippen LogP contribution in [0.15, 0.2) is 47.1 Å². The van der Waals surface area contributed by atoms with Crippen LogP contribution in [0.1, 0.15) is 47.6 Å². The number of benzene rings is 2. The largest absolute Gasteiger partial charge is 0.511 e. The summed E-state index contributed by atoms with van der Waals surface area (Å²) in [5, 5.41) is 9.92. The molecule has 0 aliphatic carbocycles. The number of rotatable bonds is 5. The fourth-order valence-electron chi connectivity index (χ4n) is 4.10. The SMILES string of the molecule is Cc1ccc(S(=O)(=O)C(C)CC2CC(O)=C(c3c(C)cc(C)cc3C)C(=O)O2)cc1. The van der Waals surface area contributed by atoms with Gasteiger partial charge in [-0.15, -0.1) is 0 Å². The average Bonchev–Trinajstić information content (AvgIpc) is 2.63. The number of aliphatic hydroxyl groups excluding tert-OH is 1. The zero-order chi connectivity index (χ0) is 22.2. The molecule has 2 atom stereocenters. The Labute approximate surface area is 178 Å². The third kappa shape index (κ3) is 4.29. The van der Waals surface area contributed by atoms with E-state index in [0.29, 0.717) is 5.56 Å². The topological polar surface area (TPSA) is 80.7 Å². The summed E-state index contributed by atoms with van der Waals surface area (Å²) in [6.07, 6.45) is -0.477. The Kier molecular flexibility index (Phi) is 6.09. The minimum atomic E-state index is -3.56. The van der Waals surface area contributed by atoms with Gasteiger partial charge in [-0.05, 0) is 63.4 Å². The number of ether oxygens (including phenoxy) is 1. The first-order valence-corrected chi connectivity index (χ1v) is 11.6. The van der Waals surface area contributed by atoms with Crippen molar-refractivity contribution in [1.82, 2.24) is 0 Å². The van der Waals surface area contributed by atoms with Gasteiger partial charge in [0.25, 0.3) is 0 Å². The molecule has 2 unspecified atom stereocenters. The summed E-state index contributed by atoms with van der Waals surface area (Å²) in [5.41, 5.74) is 4.69. The normalized spacial score (nSPS) is 18.3. The zero-order valence-electron chi connectivity index (χ0n) is 18.0. The van der Waals surface area contributed by atoms with E-state index in [9.17, 15) is 18.3 Å². The van der Waals surface area contributed by atoms with Crippen LogP contribution in [0.4, 0.5) is 0 Å². The molecule has 0 fully saturated rings. The molecular weight excluding hydrogens is 400 g/mol. The first-order valence-electron chi connectivity index (χ1n) is 10.0. The van der Waals surface area contributed by atoms with Crippen molar-refractivity contribution >= 4 is 21.4 Å². The van der Waals surface area contributed by atoms with Crippen molar-refractivity contribution < 1.29 is 23.1 Å². The lowest BCUT2D eigenvalue weighted by molar-refractivity contribution is -0.143. The Morgan fingerprint density at radius 3 is 2.13 bits per heavy atom. The number of sulfone groups is 1. The summed E-state index contributed by atoms with van der Waals surface area (Å²) in [7, 11) is -3.56. The Morgan fingerprint density at radius 2 is 1.60 bits per heavy atom. The van der Waals surface area contributed by atoms with Gasteiger partial charge in [0.05, 0.1) is 10.1 Å². The Hall–Kier alpha value is -2.60. The van der Waals surface area contributed by atoms with Crippen LogP contribution < -0.4 is 0 Å². The second kappa shape index (κ2) is 8.26. The van der Waals surface area contributed by atoms with E-state index in [-0.39, 0.29) is 29.1 Å². The molecule has 2 aromatic carbocycles. The highest BCUT2D eigenvalue weighted by atomic mass is 32.2. The van der Waals surface area contributed by atoms with Crippen LogP contribution in [0.3, 0.4) is 0 Å². The number of hydrogen-bond donors (Lipinski definition) is 1. The molecule has 2 aromatic rings. The highest BCUT2D eigenvalue weighted by molar-refractivity contribution is 7.92. The molecule has 1 heterocycles. The summed E-state index contributed by atoms with van der Waals surface area (Å²) in [6.45, 7) is 9.26. The van der Waals surface area contributed by atoms with Crippen molar-refractivity contribution in [3.63, 3.8) is 0 Å². The monoisotopic (exact) mass is 428 g/mol. The highest BCUT2D eigenvalue weighted by Crippen LogP contribution is 2.34. The molecule has 160 valence electrons. The summed E-state index contributed by atoms with van der Waals surface area (Å²) < 4.78 is 31.3. The van der Waals surface area contributed by atoms with E-state index in [0.717, 1.165) is 22.3 Å². The number of carbonyl (C=O) groups is 1. The predicted molar refractivity (Wildman–Crippen MR) is 117 cm³/mol. The maximum absolute atomic E-state index is 12.9. The molecule has 0 amide bonds. The molecule has 0 aromatic heterocycles. The lowest BCUT2D eigenvalue weighted by Crippen LogP contribution is -2.31. The molecule has 0 spiro atoms. The van der Waals surface area contributed by atoms with E-state index >= 15 is 0 Å². The fraction of sp³-hybridized carbons (Fsp3) is 0.375. The van der Waals surface area contributed by atoms with E-state index in [1.54, 1.807) is 31.2 Å². The minimum absolute atomic E-state index is 0.0498. The second-order valence-electron chi connectivity index (χ2n) is 8.23. The molecule has 0 radical (unpaired) electrons. The van der Waals surface area contributed by atoms with Gasteiger partial charge in [-0.3, -0.25) is 0 Å². The molecule has 0 saturated heterocycles. The third-order valence-electron chi connectivity index (χ3n) is 5.59. The summed E-state index contributed by atoms with van der Waals surface area (Å²) >= 11 is 0. The van der Waals surface area contributed by atoms with Gasteiger partial charge in [0.1, 0.15) is 17.4 Å². The lowest BCUT2D eigenvalue weighted by atomic mass is 9.90. The number of aliphatic hydroxyl groups is 1. The minimum Gasteiger partial charge on any atom is -0.511 e. The zero-order valence-corrected chi connectivity index (χ0v) is 18.8. The standard InChI is InChI=1S/C24H28O5S/c1-14-6-8-20(9-7-14)30(27,28)18(5)12-19-13-21(25)23(24(26)29-19)22-16(3)10-15(2)11-17(22)4/h6-11,18-19,25H,12-13H2,1-5H3. The van der Waals surface area contributed by atoms with Gasteiger partial charge in [0.2, 0.25) is 0 Å². The molecule has 1 aliphatic heterocycles. The number of carbonyl (C=O) groups excluding carboxylic acids is 1. The summed E-state index contributed by atoms with van der Waals surface area (Å²) in [4.78, 5) is 13.0. The van der Waals surface area contributed by atoms with Crippen LogP contribution in [0.5, 0.6) is 0 Å². The van der Waals surface area contributed by atoms with Crippen LogP contribution in [0.2, 0.25) is 0 Å². The molecule has 6 heteroatoms. The van der Waals surface area contributed by atoms with Gasteiger partial charge in [0.15, 0.2) is 9.84 Å². The molecule has 0 saturated carbocycles. The second-order valence-corrected chi connectivity index (χ2v) is 10.6.